The van der Waals surface area contributed by atoms with E-state index in [2.05, 4.69) is 0 Å². The first kappa shape index (κ1) is 11.0. The largest absolute Gasteiger partial charge is 0.381 e. The summed E-state index contributed by atoms with van der Waals surface area (Å²) in [7, 11) is 1.67. The van der Waals surface area contributed by atoms with Gasteiger partial charge in [-0.3, -0.25) is 4.79 Å². The summed E-state index contributed by atoms with van der Waals surface area (Å²) in [4.78, 5) is 12.4. The molecule has 14 heavy (non-hydrogen) atoms. The summed E-state index contributed by atoms with van der Waals surface area (Å²) in [6.07, 6.45) is 3.14. The molecule has 0 aromatic carbocycles. The van der Waals surface area contributed by atoms with Gasteiger partial charge >= 0.3 is 5.91 Å². The Balaban J connectivity index is 2.19. The van der Waals surface area contributed by atoms with Gasteiger partial charge in [0.05, 0.1) is 0 Å². The Morgan fingerprint density at radius 2 is 2.21 bits per heavy atom. The first-order chi connectivity index (χ1) is 6.74. The van der Waals surface area contributed by atoms with Crippen molar-refractivity contribution < 1.29 is 9.53 Å². The van der Waals surface area contributed by atoms with E-state index in [4.69, 9.17) is 10.00 Å². The lowest BCUT2D eigenvalue weighted by atomic mass is 9.96. The Kier molecular flexibility index (Phi) is 4.41. The first-order valence-electron chi connectivity index (χ1n) is 4.97. The van der Waals surface area contributed by atoms with Crippen LogP contribution in [0, 0.1) is 17.2 Å². The summed E-state index contributed by atoms with van der Waals surface area (Å²) in [5, 5.41) is 8.38. The molecule has 0 bridgehead atoms. The van der Waals surface area contributed by atoms with Crippen LogP contribution in [0.1, 0.15) is 19.3 Å². The molecule has 78 valence electrons. The summed E-state index contributed by atoms with van der Waals surface area (Å²) in [6.45, 7) is 2.35. The molecule has 1 heterocycles. The number of carbonyl (C=O) groups is 1. The molecule has 0 aromatic heterocycles. The molecule has 0 N–H and O–H groups in total. The van der Waals surface area contributed by atoms with Crippen molar-refractivity contribution in [1.29, 1.82) is 5.26 Å². The molecule has 0 aromatic rings. The van der Waals surface area contributed by atoms with Gasteiger partial charge in [0.1, 0.15) is 0 Å². The Morgan fingerprint density at radius 3 is 2.79 bits per heavy atom. The quantitative estimate of drug-likeness (QED) is 0.627. The SMILES string of the molecule is CN(CCC1CCOCC1)C(=O)C#N. The molecular formula is C10H16N2O2. The number of rotatable bonds is 3. The maximum atomic E-state index is 10.9. The van der Waals surface area contributed by atoms with Crippen molar-refractivity contribution >= 4 is 5.91 Å². The molecule has 0 unspecified atom stereocenters. The summed E-state index contributed by atoms with van der Waals surface area (Å²) in [5.41, 5.74) is 0. The molecule has 0 spiro atoms. The van der Waals surface area contributed by atoms with Crippen LogP contribution in [0.2, 0.25) is 0 Å². The van der Waals surface area contributed by atoms with Crippen molar-refractivity contribution in [3.05, 3.63) is 0 Å². The fraction of sp³-hybridized carbons (Fsp3) is 0.800. The summed E-state index contributed by atoms with van der Waals surface area (Å²) < 4.78 is 5.24. The highest BCUT2D eigenvalue weighted by Crippen LogP contribution is 2.18. The molecule has 1 aliphatic heterocycles. The second-order valence-corrected chi connectivity index (χ2v) is 3.68. The maximum absolute atomic E-state index is 10.9. The molecule has 4 nitrogen and oxygen atoms in total. The lowest BCUT2D eigenvalue weighted by molar-refractivity contribution is -0.124. The maximum Gasteiger partial charge on any atom is 0.324 e. The number of hydrogen-bond acceptors (Lipinski definition) is 3. The summed E-state index contributed by atoms with van der Waals surface area (Å²) >= 11 is 0. The van der Waals surface area contributed by atoms with E-state index in [1.54, 1.807) is 13.1 Å². The predicted octanol–water partition coefficient (Wildman–Crippen LogP) is 0.785. The minimum absolute atomic E-state index is 0.447. The average molecular weight is 196 g/mol. The van der Waals surface area contributed by atoms with Gasteiger partial charge in [0.2, 0.25) is 0 Å². The van der Waals surface area contributed by atoms with E-state index in [-0.39, 0.29) is 0 Å². The van der Waals surface area contributed by atoms with Gasteiger partial charge in [-0.05, 0) is 25.2 Å². The fourth-order valence-electron chi connectivity index (χ4n) is 1.60. The average Bonchev–Trinajstić information content (AvgIpc) is 2.26. The van der Waals surface area contributed by atoms with Crippen LogP contribution in [0.25, 0.3) is 0 Å². The van der Waals surface area contributed by atoms with Crippen molar-refractivity contribution in [1.82, 2.24) is 4.90 Å². The summed E-state index contributed by atoms with van der Waals surface area (Å²) in [6, 6.07) is 1.61. The van der Waals surface area contributed by atoms with Crippen LogP contribution < -0.4 is 0 Å². The highest BCUT2D eigenvalue weighted by Gasteiger charge is 2.15. The van der Waals surface area contributed by atoms with Crippen LogP contribution >= 0.6 is 0 Å². The number of nitrogens with zero attached hydrogens (tertiary/aromatic N) is 2. The standard InChI is InChI=1S/C10H16N2O2/c1-12(10(13)8-11)5-2-9-3-6-14-7-4-9/h9H,2-7H2,1H3. The molecule has 1 aliphatic rings. The molecule has 0 saturated carbocycles. The zero-order valence-corrected chi connectivity index (χ0v) is 8.53. The highest BCUT2D eigenvalue weighted by molar-refractivity contribution is 5.90. The normalized spacial score (nSPS) is 17.4. The van der Waals surface area contributed by atoms with Gasteiger partial charge in [-0.15, -0.1) is 0 Å². The van der Waals surface area contributed by atoms with Crippen molar-refractivity contribution in [2.75, 3.05) is 26.8 Å². The smallest absolute Gasteiger partial charge is 0.324 e. The van der Waals surface area contributed by atoms with Gasteiger partial charge in [-0.2, -0.15) is 5.26 Å². The van der Waals surface area contributed by atoms with E-state index >= 15 is 0 Å². The van der Waals surface area contributed by atoms with Gasteiger partial charge in [-0.25, -0.2) is 0 Å². The predicted molar refractivity (Wildman–Crippen MR) is 51.4 cm³/mol. The molecule has 1 fully saturated rings. The van der Waals surface area contributed by atoms with Gasteiger partial charge in [0.15, 0.2) is 6.07 Å². The molecule has 1 saturated heterocycles. The van der Waals surface area contributed by atoms with Crippen LogP contribution in [0.5, 0.6) is 0 Å². The zero-order chi connectivity index (χ0) is 10.4. The zero-order valence-electron chi connectivity index (χ0n) is 8.53. The van der Waals surface area contributed by atoms with E-state index in [0.29, 0.717) is 12.5 Å². The second-order valence-electron chi connectivity index (χ2n) is 3.68. The van der Waals surface area contributed by atoms with Gasteiger partial charge in [-0.1, -0.05) is 0 Å². The minimum Gasteiger partial charge on any atom is -0.381 e. The van der Waals surface area contributed by atoms with E-state index in [0.717, 1.165) is 32.5 Å². The first-order valence-corrected chi connectivity index (χ1v) is 4.97. The Morgan fingerprint density at radius 1 is 1.57 bits per heavy atom. The molecule has 4 heteroatoms. The van der Waals surface area contributed by atoms with Crippen molar-refractivity contribution in [2.45, 2.75) is 19.3 Å². The highest BCUT2D eigenvalue weighted by atomic mass is 16.5. The second kappa shape index (κ2) is 5.61. The third-order valence-electron chi connectivity index (χ3n) is 2.66. The Hall–Kier alpha value is -1.08. The molecular weight excluding hydrogens is 180 g/mol. The third kappa shape index (κ3) is 3.35. The number of nitriles is 1. The lowest BCUT2D eigenvalue weighted by Crippen LogP contribution is -2.28. The molecule has 1 amide bonds. The van der Waals surface area contributed by atoms with E-state index in [9.17, 15) is 4.79 Å². The van der Waals surface area contributed by atoms with Crippen LogP contribution in [-0.4, -0.2) is 37.6 Å². The van der Waals surface area contributed by atoms with Crippen molar-refractivity contribution in [3.63, 3.8) is 0 Å². The Bertz CT molecular complexity index is 229. The Labute approximate surface area is 84.4 Å². The van der Waals surface area contributed by atoms with Crippen molar-refractivity contribution in [2.24, 2.45) is 5.92 Å². The van der Waals surface area contributed by atoms with Gasteiger partial charge in [0, 0.05) is 26.8 Å². The van der Waals surface area contributed by atoms with Crippen LogP contribution in [-0.2, 0) is 9.53 Å². The summed E-state index contributed by atoms with van der Waals surface area (Å²) in [5.74, 6) is 0.203. The topological polar surface area (TPSA) is 53.3 Å². The molecule has 0 radical (unpaired) electrons. The lowest BCUT2D eigenvalue weighted by Gasteiger charge is -2.23. The van der Waals surface area contributed by atoms with Crippen LogP contribution in [0.3, 0.4) is 0 Å². The molecule has 0 aliphatic carbocycles. The van der Waals surface area contributed by atoms with Crippen LogP contribution in [0.4, 0.5) is 0 Å². The van der Waals surface area contributed by atoms with Gasteiger partial charge in [0.25, 0.3) is 0 Å². The fourth-order valence-corrected chi connectivity index (χ4v) is 1.60. The number of amides is 1. The molecule has 0 atom stereocenters. The van der Waals surface area contributed by atoms with Crippen LogP contribution in [0.15, 0.2) is 0 Å². The number of ether oxygens (including phenoxy) is 1. The van der Waals surface area contributed by atoms with Gasteiger partial charge < -0.3 is 9.64 Å². The van der Waals surface area contributed by atoms with E-state index < -0.39 is 5.91 Å². The van der Waals surface area contributed by atoms with E-state index in [1.807, 2.05) is 0 Å². The molecule has 1 rings (SSSR count). The minimum atomic E-state index is -0.447. The monoisotopic (exact) mass is 196 g/mol. The number of carbonyl (C=O) groups excluding carboxylic acids is 1. The van der Waals surface area contributed by atoms with Crippen molar-refractivity contribution in [3.8, 4) is 6.07 Å². The van der Waals surface area contributed by atoms with E-state index in [1.165, 1.54) is 4.90 Å². The number of hydrogen-bond donors (Lipinski definition) is 0. The third-order valence-corrected chi connectivity index (χ3v) is 2.66.